The SMILES string of the molecule is C=Cc1cccc(CS(=O)(=O)NCCC)c1. The van der Waals surface area contributed by atoms with Gasteiger partial charge in [-0.25, -0.2) is 13.1 Å². The fourth-order valence-electron chi connectivity index (χ4n) is 1.34. The number of nitrogens with one attached hydrogen (secondary N) is 1. The predicted octanol–water partition coefficient (Wildman–Crippen LogP) is 2.16. The molecular weight excluding hydrogens is 222 g/mol. The summed E-state index contributed by atoms with van der Waals surface area (Å²) in [4.78, 5) is 0. The number of sulfonamides is 1. The largest absolute Gasteiger partial charge is 0.215 e. The molecule has 1 N–H and O–H groups in total. The van der Waals surface area contributed by atoms with E-state index in [2.05, 4.69) is 11.3 Å². The molecule has 0 saturated carbocycles. The highest BCUT2D eigenvalue weighted by Gasteiger charge is 2.10. The van der Waals surface area contributed by atoms with E-state index in [9.17, 15) is 8.42 Å². The molecule has 0 aromatic heterocycles. The summed E-state index contributed by atoms with van der Waals surface area (Å²) in [6.45, 7) is 6.07. The average molecular weight is 239 g/mol. The van der Waals surface area contributed by atoms with Gasteiger partial charge in [-0.15, -0.1) is 0 Å². The Kier molecular flexibility index (Phi) is 4.71. The van der Waals surface area contributed by atoms with E-state index in [1.807, 2.05) is 25.1 Å². The van der Waals surface area contributed by atoms with Crippen molar-refractivity contribution in [2.75, 3.05) is 6.54 Å². The van der Waals surface area contributed by atoms with Gasteiger partial charge in [0.05, 0.1) is 5.75 Å². The maximum absolute atomic E-state index is 11.6. The summed E-state index contributed by atoms with van der Waals surface area (Å²) in [6, 6.07) is 7.36. The van der Waals surface area contributed by atoms with Gasteiger partial charge >= 0.3 is 0 Å². The molecule has 1 aromatic rings. The van der Waals surface area contributed by atoms with Crippen LogP contribution >= 0.6 is 0 Å². The second kappa shape index (κ2) is 5.82. The van der Waals surface area contributed by atoms with E-state index in [4.69, 9.17) is 0 Å². The molecule has 1 aromatic carbocycles. The average Bonchev–Trinajstić information content (AvgIpc) is 2.26. The van der Waals surface area contributed by atoms with Crippen molar-refractivity contribution in [2.24, 2.45) is 0 Å². The second-order valence-electron chi connectivity index (χ2n) is 3.60. The molecule has 4 heteroatoms. The molecular formula is C12H17NO2S. The van der Waals surface area contributed by atoms with Gasteiger partial charge in [-0.05, 0) is 17.5 Å². The van der Waals surface area contributed by atoms with Crippen molar-refractivity contribution in [3.05, 3.63) is 42.0 Å². The van der Waals surface area contributed by atoms with Gasteiger partial charge in [-0.2, -0.15) is 0 Å². The van der Waals surface area contributed by atoms with Crippen LogP contribution < -0.4 is 4.72 Å². The lowest BCUT2D eigenvalue weighted by Crippen LogP contribution is -2.25. The number of benzene rings is 1. The van der Waals surface area contributed by atoms with E-state index in [0.717, 1.165) is 17.5 Å². The van der Waals surface area contributed by atoms with E-state index in [-0.39, 0.29) is 5.75 Å². The van der Waals surface area contributed by atoms with Crippen molar-refractivity contribution >= 4 is 16.1 Å². The molecule has 0 aliphatic carbocycles. The first-order valence-electron chi connectivity index (χ1n) is 5.26. The van der Waals surface area contributed by atoms with Gasteiger partial charge in [0.1, 0.15) is 0 Å². The summed E-state index contributed by atoms with van der Waals surface area (Å²) in [7, 11) is -3.21. The lowest BCUT2D eigenvalue weighted by atomic mass is 10.1. The quantitative estimate of drug-likeness (QED) is 0.827. The summed E-state index contributed by atoms with van der Waals surface area (Å²) >= 11 is 0. The van der Waals surface area contributed by atoms with Gasteiger partial charge in [0, 0.05) is 6.54 Å². The maximum atomic E-state index is 11.6. The molecule has 0 unspecified atom stereocenters. The van der Waals surface area contributed by atoms with Crippen molar-refractivity contribution in [3.63, 3.8) is 0 Å². The summed E-state index contributed by atoms with van der Waals surface area (Å²) in [5.74, 6) is 0.0225. The molecule has 0 amide bonds. The van der Waals surface area contributed by atoms with E-state index in [1.165, 1.54) is 0 Å². The molecule has 0 bridgehead atoms. The summed E-state index contributed by atoms with van der Waals surface area (Å²) < 4.78 is 25.8. The first kappa shape index (κ1) is 12.9. The Morgan fingerprint density at radius 2 is 2.19 bits per heavy atom. The number of rotatable bonds is 6. The Hall–Kier alpha value is -1.13. The standard InChI is InChI=1S/C12H17NO2S/c1-3-8-13-16(14,15)10-12-7-5-6-11(4-2)9-12/h4-7,9,13H,2-3,8,10H2,1H3. The Bertz CT molecular complexity index is 452. The van der Waals surface area contributed by atoms with Gasteiger partial charge in [-0.3, -0.25) is 0 Å². The lowest BCUT2D eigenvalue weighted by Gasteiger charge is -2.06. The van der Waals surface area contributed by atoms with Gasteiger partial charge in [0.15, 0.2) is 0 Å². The Balaban J connectivity index is 2.75. The highest BCUT2D eigenvalue weighted by molar-refractivity contribution is 7.88. The van der Waals surface area contributed by atoms with Gasteiger partial charge in [0.25, 0.3) is 0 Å². The molecule has 0 fully saturated rings. The van der Waals surface area contributed by atoms with Crippen LogP contribution in [-0.2, 0) is 15.8 Å². The van der Waals surface area contributed by atoms with Gasteiger partial charge in [0.2, 0.25) is 10.0 Å². The highest BCUT2D eigenvalue weighted by atomic mass is 32.2. The molecule has 0 atom stereocenters. The smallest absolute Gasteiger partial charge is 0.215 e. The van der Waals surface area contributed by atoms with Crippen LogP contribution in [0.4, 0.5) is 0 Å². The molecule has 0 radical (unpaired) electrons. The van der Waals surface area contributed by atoms with Crippen LogP contribution in [0.2, 0.25) is 0 Å². The fourth-order valence-corrected chi connectivity index (χ4v) is 2.57. The normalized spacial score (nSPS) is 11.3. The maximum Gasteiger partial charge on any atom is 0.215 e. The van der Waals surface area contributed by atoms with Crippen molar-refractivity contribution in [3.8, 4) is 0 Å². The van der Waals surface area contributed by atoms with Gasteiger partial charge < -0.3 is 0 Å². The molecule has 0 aliphatic heterocycles. The number of hydrogen-bond donors (Lipinski definition) is 1. The van der Waals surface area contributed by atoms with Crippen LogP contribution in [-0.4, -0.2) is 15.0 Å². The first-order chi connectivity index (χ1) is 7.57. The van der Waals surface area contributed by atoms with E-state index in [1.54, 1.807) is 12.1 Å². The zero-order valence-electron chi connectivity index (χ0n) is 9.44. The molecule has 88 valence electrons. The van der Waals surface area contributed by atoms with Crippen molar-refractivity contribution in [1.29, 1.82) is 0 Å². The Labute approximate surface area is 97.2 Å². The molecule has 3 nitrogen and oxygen atoms in total. The van der Waals surface area contributed by atoms with Crippen molar-refractivity contribution < 1.29 is 8.42 Å². The number of hydrogen-bond acceptors (Lipinski definition) is 2. The molecule has 16 heavy (non-hydrogen) atoms. The van der Waals surface area contributed by atoms with E-state index in [0.29, 0.717) is 6.54 Å². The predicted molar refractivity (Wildman–Crippen MR) is 67.5 cm³/mol. The van der Waals surface area contributed by atoms with Crippen LogP contribution in [0.25, 0.3) is 6.08 Å². The van der Waals surface area contributed by atoms with Crippen LogP contribution in [0.15, 0.2) is 30.8 Å². The minimum atomic E-state index is -3.21. The second-order valence-corrected chi connectivity index (χ2v) is 5.41. The lowest BCUT2D eigenvalue weighted by molar-refractivity contribution is 0.580. The highest BCUT2D eigenvalue weighted by Crippen LogP contribution is 2.09. The third-order valence-corrected chi connectivity index (χ3v) is 3.47. The zero-order valence-corrected chi connectivity index (χ0v) is 10.3. The first-order valence-corrected chi connectivity index (χ1v) is 6.91. The molecule has 0 saturated heterocycles. The van der Waals surface area contributed by atoms with Crippen LogP contribution in [0, 0.1) is 0 Å². The van der Waals surface area contributed by atoms with Crippen LogP contribution in [0.1, 0.15) is 24.5 Å². The monoisotopic (exact) mass is 239 g/mol. The molecule has 1 rings (SSSR count). The van der Waals surface area contributed by atoms with E-state index >= 15 is 0 Å². The molecule has 0 spiro atoms. The topological polar surface area (TPSA) is 46.2 Å². The minimum absolute atomic E-state index is 0.0225. The van der Waals surface area contributed by atoms with Crippen molar-refractivity contribution in [2.45, 2.75) is 19.1 Å². The summed E-state index contributed by atoms with van der Waals surface area (Å²) in [5.41, 5.74) is 1.71. The van der Waals surface area contributed by atoms with Crippen LogP contribution in [0.3, 0.4) is 0 Å². The Morgan fingerprint density at radius 1 is 1.44 bits per heavy atom. The molecule has 0 aliphatic rings. The van der Waals surface area contributed by atoms with Crippen molar-refractivity contribution in [1.82, 2.24) is 4.72 Å². The minimum Gasteiger partial charge on any atom is -0.215 e. The Morgan fingerprint density at radius 3 is 2.81 bits per heavy atom. The summed E-state index contributed by atoms with van der Waals surface area (Å²) in [6.07, 6.45) is 2.50. The van der Waals surface area contributed by atoms with Gasteiger partial charge in [-0.1, -0.05) is 43.8 Å². The third-order valence-electron chi connectivity index (χ3n) is 2.12. The molecule has 0 heterocycles. The zero-order chi connectivity index (χ0) is 12.0. The fraction of sp³-hybridized carbons (Fsp3) is 0.333. The van der Waals surface area contributed by atoms with Crippen LogP contribution in [0.5, 0.6) is 0 Å². The van der Waals surface area contributed by atoms with E-state index < -0.39 is 10.0 Å². The summed E-state index contributed by atoms with van der Waals surface area (Å²) in [5, 5.41) is 0. The third kappa shape index (κ3) is 4.16.